The van der Waals surface area contributed by atoms with E-state index in [2.05, 4.69) is 10.6 Å². The van der Waals surface area contributed by atoms with Gasteiger partial charge in [-0.2, -0.15) is 0 Å². The summed E-state index contributed by atoms with van der Waals surface area (Å²) in [5, 5.41) is 5.72. The molecule has 2 aliphatic heterocycles. The maximum Gasteiger partial charge on any atom is 0.329 e. The highest BCUT2D eigenvalue weighted by Gasteiger charge is 2.40. The van der Waals surface area contributed by atoms with Crippen LogP contribution >= 0.6 is 0 Å². The van der Waals surface area contributed by atoms with Crippen molar-refractivity contribution in [1.29, 1.82) is 0 Å². The molecule has 0 spiro atoms. The van der Waals surface area contributed by atoms with Crippen LogP contribution in [0.25, 0.3) is 0 Å². The standard InChI is InChI=1S/C19H26N4O3/c1-2-6-16-18(25)23(19(26)21-16)13-22-11-9-14(10-12-22)17(24)20-15-7-4-3-5-8-15/h3-5,7-8,14,16H,2,6,9-13H2,1H3,(H,20,24)(H,21,26)/p+1/t16-/m0/s1. The van der Waals surface area contributed by atoms with E-state index in [1.807, 2.05) is 37.3 Å². The number of carbonyl (C=O) groups excluding carboxylic acids is 3. The summed E-state index contributed by atoms with van der Waals surface area (Å²) in [5.74, 6) is -0.0866. The number of para-hydroxylation sites is 1. The molecule has 0 aromatic heterocycles. The van der Waals surface area contributed by atoms with Gasteiger partial charge < -0.3 is 15.5 Å². The van der Waals surface area contributed by atoms with Gasteiger partial charge in [0, 0.05) is 24.4 Å². The molecule has 2 heterocycles. The minimum atomic E-state index is -0.374. The summed E-state index contributed by atoms with van der Waals surface area (Å²) in [4.78, 5) is 39.3. The van der Waals surface area contributed by atoms with Gasteiger partial charge in [-0.15, -0.1) is 0 Å². The van der Waals surface area contributed by atoms with E-state index in [1.54, 1.807) is 0 Å². The van der Waals surface area contributed by atoms with Gasteiger partial charge in [0.15, 0.2) is 6.67 Å². The highest BCUT2D eigenvalue weighted by molar-refractivity contribution is 6.04. The molecule has 3 N–H and O–H groups in total. The smallest absolute Gasteiger partial charge is 0.326 e. The summed E-state index contributed by atoms with van der Waals surface area (Å²) in [7, 11) is 0. The Morgan fingerprint density at radius 3 is 2.58 bits per heavy atom. The molecule has 7 nitrogen and oxygen atoms in total. The Labute approximate surface area is 153 Å². The molecular formula is C19H27N4O3+. The van der Waals surface area contributed by atoms with E-state index in [0.29, 0.717) is 13.1 Å². The average Bonchev–Trinajstić information content (AvgIpc) is 2.91. The number of urea groups is 1. The molecular weight excluding hydrogens is 332 g/mol. The van der Waals surface area contributed by atoms with Crippen LogP contribution in [0, 0.1) is 5.92 Å². The Hall–Kier alpha value is -2.41. The Morgan fingerprint density at radius 2 is 1.92 bits per heavy atom. The summed E-state index contributed by atoms with van der Waals surface area (Å²) in [6, 6.07) is 8.80. The van der Waals surface area contributed by atoms with Crippen molar-refractivity contribution in [3.63, 3.8) is 0 Å². The maximum atomic E-state index is 12.4. The largest absolute Gasteiger partial charge is 0.329 e. The molecule has 2 saturated heterocycles. The molecule has 26 heavy (non-hydrogen) atoms. The van der Waals surface area contributed by atoms with Crippen LogP contribution in [0.3, 0.4) is 0 Å². The van der Waals surface area contributed by atoms with E-state index in [-0.39, 0.29) is 29.8 Å². The fourth-order valence-electron chi connectivity index (χ4n) is 3.65. The van der Waals surface area contributed by atoms with Crippen LogP contribution in [-0.4, -0.2) is 48.5 Å². The van der Waals surface area contributed by atoms with Gasteiger partial charge in [-0.05, 0) is 18.6 Å². The number of nitrogens with zero attached hydrogens (tertiary/aromatic N) is 1. The van der Waals surface area contributed by atoms with E-state index in [0.717, 1.165) is 38.0 Å². The van der Waals surface area contributed by atoms with Gasteiger partial charge >= 0.3 is 6.03 Å². The minimum Gasteiger partial charge on any atom is -0.326 e. The molecule has 0 saturated carbocycles. The molecule has 0 radical (unpaired) electrons. The molecule has 0 bridgehead atoms. The molecule has 0 unspecified atom stereocenters. The minimum absolute atomic E-state index is 0.0186. The normalized spacial score (nSPS) is 25.9. The highest BCUT2D eigenvalue weighted by atomic mass is 16.2. The predicted octanol–water partition coefficient (Wildman–Crippen LogP) is 0.598. The van der Waals surface area contributed by atoms with Crippen molar-refractivity contribution >= 4 is 23.5 Å². The predicted molar refractivity (Wildman–Crippen MR) is 97.4 cm³/mol. The van der Waals surface area contributed by atoms with Crippen LogP contribution in [0.1, 0.15) is 32.6 Å². The molecule has 2 aliphatic rings. The number of imide groups is 1. The monoisotopic (exact) mass is 359 g/mol. The first-order valence-electron chi connectivity index (χ1n) is 9.40. The van der Waals surface area contributed by atoms with E-state index >= 15 is 0 Å². The zero-order chi connectivity index (χ0) is 18.5. The fraction of sp³-hybridized carbons (Fsp3) is 0.526. The number of rotatable bonds is 6. The lowest BCUT2D eigenvalue weighted by molar-refractivity contribution is -0.912. The first-order valence-corrected chi connectivity index (χ1v) is 9.40. The van der Waals surface area contributed by atoms with Crippen molar-refractivity contribution in [1.82, 2.24) is 10.2 Å². The number of likely N-dealkylation sites (tertiary alicyclic amines) is 1. The number of piperidine rings is 1. The van der Waals surface area contributed by atoms with Gasteiger partial charge in [0.2, 0.25) is 5.91 Å². The summed E-state index contributed by atoms with van der Waals surface area (Å²) >= 11 is 0. The van der Waals surface area contributed by atoms with Gasteiger partial charge in [-0.3, -0.25) is 9.59 Å². The summed E-state index contributed by atoms with van der Waals surface area (Å²) in [5.41, 5.74) is 0.813. The van der Waals surface area contributed by atoms with Gasteiger partial charge in [-0.25, -0.2) is 9.69 Å². The number of hydrogen-bond acceptors (Lipinski definition) is 3. The van der Waals surface area contributed by atoms with Crippen molar-refractivity contribution in [3.05, 3.63) is 30.3 Å². The quantitative estimate of drug-likeness (QED) is 0.651. The third kappa shape index (κ3) is 4.22. The first-order chi connectivity index (χ1) is 12.6. The third-order valence-corrected chi connectivity index (χ3v) is 5.17. The number of carbonyl (C=O) groups is 3. The van der Waals surface area contributed by atoms with Gasteiger partial charge in [-0.1, -0.05) is 31.5 Å². The second kappa shape index (κ2) is 8.31. The number of hydrogen-bond donors (Lipinski definition) is 3. The zero-order valence-corrected chi connectivity index (χ0v) is 15.2. The van der Waals surface area contributed by atoms with E-state index < -0.39 is 0 Å². The molecule has 3 rings (SSSR count). The van der Waals surface area contributed by atoms with Crippen LogP contribution < -0.4 is 15.5 Å². The topological polar surface area (TPSA) is 82.9 Å². The van der Waals surface area contributed by atoms with E-state index in [4.69, 9.17) is 0 Å². The second-order valence-electron chi connectivity index (χ2n) is 7.09. The molecule has 4 amide bonds. The van der Waals surface area contributed by atoms with Crippen LogP contribution in [0.2, 0.25) is 0 Å². The molecule has 1 aromatic rings. The molecule has 0 aliphatic carbocycles. The van der Waals surface area contributed by atoms with Gasteiger partial charge in [0.05, 0.1) is 13.1 Å². The Bertz CT molecular complexity index is 656. The molecule has 1 atom stereocenters. The van der Waals surface area contributed by atoms with E-state index in [9.17, 15) is 14.4 Å². The summed E-state index contributed by atoms with van der Waals surface area (Å²) in [6.07, 6.45) is 3.06. The summed E-state index contributed by atoms with van der Waals surface area (Å²) in [6.45, 7) is 3.95. The van der Waals surface area contributed by atoms with Crippen LogP contribution in [0.4, 0.5) is 10.5 Å². The van der Waals surface area contributed by atoms with Crippen molar-refractivity contribution in [2.45, 2.75) is 38.6 Å². The number of anilines is 1. The second-order valence-corrected chi connectivity index (χ2v) is 7.09. The maximum absolute atomic E-state index is 12.4. The molecule has 2 fully saturated rings. The average molecular weight is 359 g/mol. The van der Waals surface area contributed by atoms with Crippen molar-refractivity contribution in [2.24, 2.45) is 5.92 Å². The molecule has 1 aromatic carbocycles. The Kier molecular flexibility index (Phi) is 5.88. The number of benzene rings is 1. The highest BCUT2D eigenvalue weighted by Crippen LogP contribution is 2.15. The molecule has 140 valence electrons. The lowest BCUT2D eigenvalue weighted by Crippen LogP contribution is -3.14. The lowest BCUT2D eigenvalue weighted by atomic mass is 9.96. The van der Waals surface area contributed by atoms with Crippen molar-refractivity contribution in [3.8, 4) is 0 Å². The van der Waals surface area contributed by atoms with Crippen molar-refractivity contribution in [2.75, 3.05) is 25.1 Å². The van der Waals surface area contributed by atoms with Crippen molar-refractivity contribution < 1.29 is 19.3 Å². The number of quaternary nitrogens is 1. The lowest BCUT2D eigenvalue weighted by Gasteiger charge is -2.30. The van der Waals surface area contributed by atoms with Crippen LogP contribution in [0.5, 0.6) is 0 Å². The number of amides is 4. The van der Waals surface area contributed by atoms with E-state index in [1.165, 1.54) is 9.80 Å². The third-order valence-electron chi connectivity index (χ3n) is 5.17. The number of nitrogens with one attached hydrogen (secondary N) is 3. The summed E-state index contributed by atoms with van der Waals surface area (Å²) < 4.78 is 0. The van der Waals surface area contributed by atoms with Crippen LogP contribution in [-0.2, 0) is 9.59 Å². The Balaban J connectivity index is 1.47. The fourth-order valence-corrected chi connectivity index (χ4v) is 3.65. The SMILES string of the molecule is CCC[C@@H]1NC(=O)N(C[NH+]2CCC(C(=O)Nc3ccccc3)CC2)C1=O. The van der Waals surface area contributed by atoms with Gasteiger partial charge in [0.25, 0.3) is 5.91 Å². The zero-order valence-electron chi connectivity index (χ0n) is 15.2. The Morgan fingerprint density at radius 1 is 1.23 bits per heavy atom. The van der Waals surface area contributed by atoms with Crippen LogP contribution in [0.15, 0.2) is 30.3 Å². The first kappa shape index (κ1) is 18.4. The van der Waals surface area contributed by atoms with Gasteiger partial charge in [0.1, 0.15) is 6.04 Å². The molecule has 7 heteroatoms.